The summed E-state index contributed by atoms with van der Waals surface area (Å²) in [5, 5.41) is 1.27. The summed E-state index contributed by atoms with van der Waals surface area (Å²) in [6.07, 6.45) is 0. The van der Waals surface area contributed by atoms with Gasteiger partial charge in [0.1, 0.15) is 0 Å². The molecule has 4 heteroatoms. The van der Waals surface area contributed by atoms with E-state index in [4.69, 9.17) is 28.9 Å². The summed E-state index contributed by atoms with van der Waals surface area (Å²) in [6, 6.07) is 5.77. The van der Waals surface area contributed by atoms with Gasteiger partial charge in [-0.1, -0.05) is 56.1 Å². The summed E-state index contributed by atoms with van der Waals surface area (Å²) in [6.45, 7) is 9.89. The van der Waals surface area contributed by atoms with E-state index in [1.807, 2.05) is 18.2 Å². The van der Waals surface area contributed by atoms with Crippen molar-refractivity contribution < 1.29 is 0 Å². The fraction of sp³-hybridized carbons (Fsp3) is 0.571. The molecule has 0 fully saturated rings. The van der Waals surface area contributed by atoms with Gasteiger partial charge < -0.3 is 5.73 Å². The number of benzene rings is 1. The largest absolute Gasteiger partial charge is 0.330 e. The molecule has 18 heavy (non-hydrogen) atoms. The minimum absolute atomic E-state index is 0.112. The van der Waals surface area contributed by atoms with Crippen LogP contribution in [-0.2, 0) is 6.54 Å². The van der Waals surface area contributed by atoms with Crippen molar-refractivity contribution in [1.82, 2.24) is 4.90 Å². The Bertz CT molecular complexity index is 391. The topological polar surface area (TPSA) is 29.3 Å². The van der Waals surface area contributed by atoms with Crippen molar-refractivity contribution in [2.45, 2.75) is 27.3 Å². The Hall–Kier alpha value is -0.280. The second-order valence-electron chi connectivity index (χ2n) is 5.38. The molecule has 0 aromatic heterocycles. The molecule has 0 aliphatic carbocycles. The molecule has 0 unspecified atom stereocenters. The first-order chi connectivity index (χ1) is 8.39. The highest BCUT2D eigenvalue weighted by Gasteiger charge is 2.20. The SMILES string of the molecule is CCN(Cc1cccc(Cl)c1Cl)CC(C)(C)CN. The lowest BCUT2D eigenvalue weighted by Gasteiger charge is -2.31. The molecule has 0 amide bonds. The zero-order chi connectivity index (χ0) is 13.8. The highest BCUT2D eigenvalue weighted by atomic mass is 35.5. The van der Waals surface area contributed by atoms with E-state index in [0.717, 1.165) is 25.2 Å². The molecule has 1 aromatic rings. The monoisotopic (exact) mass is 288 g/mol. The van der Waals surface area contributed by atoms with E-state index in [2.05, 4.69) is 25.7 Å². The van der Waals surface area contributed by atoms with Crippen LogP contribution in [0.25, 0.3) is 0 Å². The second-order valence-corrected chi connectivity index (χ2v) is 6.17. The second kappa shape index (κ2) is 6.76. The molecule has 1 aromatic carbocycles. The van der Waals surface area contributed by atoms with E-state index >= 15 is 0 Å². The third kappa shape index (κ3) is 4.43. The van der Waals surface area contributed by atoms with Crippen LogP contribution in [0.4, 0.5) is 0 Å². The van der Waals surface area contributed by atoms with Crippen molar-refractivity contribution >= 4 is 23.2 Å². The van der Waals surface area contributed by atoms with Gasteiger partial charge in [-0.2, -0.15) is 0 Å². The van der Waals surface area contributed by atoms with Crippen molar-refractivity contribution in [3.05, 3.63) is 33.8 Å². The van der Waals surface area contributed by atoms with Gasteiger partial charge in [-0.25, -0.2) is 0 Å². The van der Waals surface area contributed by atoms with Crippen molar-refractivity contribution in [1.29, 1.82) is 0 Å². The highest BCUT2D eigenvalue weighted by molar-refractivity contribution is 6.42. The van der Waals surface area contributed by atoms with Gasteiger partial charge in [-0.15, -0.1) is 0 Å². The number of hydrogen-bond acceptors (Lipinski definition) is 2. The van der Waals surface area contributed by atoms with Crippen LogP contribution >= 0.6 is 23.2 Å². The van der Waals surface area contributed by atoms with Gasteiger partial charge >= 0.3 is 0 Å². The lowest BCUT2D eigenvalue weighted by molar-refractivity contribution is 0.183. The van der Waals surface area contributed by atoms with Crippen LogP contribution in [0.15, 0.2) is 18.2 Å². The van der Waals surface area contributed by atoms with Crippen molar-refractivity contribution in [2.75, 3.05) is 19.6 Å². The minimum atomic E-state index is 0.112. The highest BCUT2D eigenvalue weighted by Crippen LogP contribution is 2.27. The van der Waals surface area contributed by atoms with Crippen molar-refractivity contribution in [2.24, 2.45) is 11.1 Å². The average molecular weight is 289 g/mol. The summed E-state index contributed by atoms with van der Waals surface area (Å²) < 4.78 is 0. The Kier molecular flexibility index (Phi) is 5.93. The van der Waals surface area contributed by atoms with E-state index in [-0.39, 0.29) is 5.41 Å². The fourth-order valence-corrected chi connectivity index (χ4v) is 2.24. The van der Waals surface area contributed by atoms with Gasteiger partial charge in [0.05, 0.1) is 10.0 Å². The molecule has 0 spiro atoms. The quantitative estimate of drug-likeness (QED) is 0.863. The summed E-state index contributed by atoms with van der Waals surface area (Å²) in [5.74, 6) is 0. The molecule has 0 saturated carbocycles. The summed E-state index contributed by atoms with van der Waals surface area (Å²) >= 11 is 12.2. The number of nitrogens with two attached hydrogens (primary N) is 1. The molecule has 1 rings (SSSR count). The summed E-state index contributed by atoms with van der Waals surface area (Å²) in [7, 11) is 0. The number of rotatable bonds is 6. The lowest BCUT2D eigenvalue weighted by atomic mass is 9.93. The smallest absolute Gasteiger partial charge is 0.0637 e. The maximum Gasteiger partial charge on any atom is 0.0637 e. The van der Waals surface area contributed by atoms with Crippen molar-refractivity contribution in [3.63, 3.8) is 0 Å². The first kappa shape index (κ1) is 15.8. The Balaban J connectivity index is 2.77. The predicted octanol–water partition coefficient (Wildman–Crippen LogP) is 3.80. The van der Waals surface area contributed by atoms with E-state index in [9.17, 15) is 0 Å². The Morgan fingerprint density at radius 1 is 1.28 bits per heavy atom. The molecule has 2 nitrogen and oxygen atoms in total. The fourth-order valence-electron chi connectivity index (χ4n) is 1.86. The van der Waals surface area contributed by atoms with Gasteiger partial charge in [0.15, 0.2) is 0 Å². The van der Waals surface area contributed by atoms with Gasteiger partial charge in [0.25, 0.3) is 0 Å². The zero-order valence-electron chi connectivity index (χ0n) is 11.3. The van der Waals surface area contributed by atoms with Crippen LogP contribution in [0.2, 0.25) is 10.0 Å². The molecule has 0 bridgehead atoms. The van der Waals surface area contributed by atoms with Gasteiger partial charge in [0.2, 0.25) is 0 Å². The van der Waals surface area contributed by atoms with Crippen LogP contribution in [0.5, 0.6) is 0 Å². The molecule has 2 N–H and O–H groups in total. The molecular formula is C14H22Cl2N2. The number of halogens is 2. The van der Waals surface area contributed by atoms with Crippen LogP contribution < -0.4 is 5.73 Å². The maximum absolute atomic E-state index is 6.22. The molecule has 102 valence electrons. The molecule has 0 atom stereocenters. The lowest BCUT2D eigenvalue weighted by Crippen LogP contribution is -2.38. The van der Waals surface area contributed by atoms with Gasteiger partial charge in [-0.05, 0) is 30.1 Å². The normalized spacial score (nSPS) is 12.2. The Morgan fingerprint density at radius 2 is 1.94 bits per heavy atom. The minimum Gasteiger partial charge on any atom is -0.330 e. The maximum atomic E-state index is 6.22. The van der Waals surface area contributed by atoms with Gasteiger partial charge in [-0.3, -0.25) is 4.90 Å². The molecule has 0 aliphatic rings. The molecule has 0 heterocycles. The van der Waals surface area contributed by atoms with E-state index in [1.54, 1.807) is 0 Å². The standard InChI is InChI=1S/C14H22Cl2N2/c1-4-18(10-14(2,3)9-17)8-11-6-5-7-12(15)13(11)16/h5-7H,4,8-10,17H2,1-3H3. The Labute approximate surface area is 120 Å². The van der Waals surface area contributed by atoms with E-state index in [0.29, 0.717) is 16.6 Å². The molecular weight excluding hydrogens is 267 g/mol. The zero-order valence-corrected chi connectivity index (χ0v) is 12.9. The van der Waals surface area contributed by atoms with Crippen LogP contribution in [0.1, 0.15) is 26.3 Å². The first-order valence-electron chi connectivity index (χ1n) is 6.25. The summed E-state index contributed by atoms with van der Waals surface area (Å²) in [5.41, 5.74) is 6.96. The molecule has 0 aliphatic heterocycles. The van der Waals surface area contributed by atoms with Gasteiger partial charge in [0, 0.05) is 13.1 Å². The van der Waals surface area contributed by atoms with E-state index < -0.39 is 0 Å². The Morgan fingerprint density at radius 3 is 2.50 bits per heavy atom. The van der Waals surface area contributed by atoms with E-state index in [1.165, 1.54) is 0 Å². The van der Waals surface area contributed by atoms with Crippen LogP contribution in [-0.4, -0.2) is 24.5 Å². The third-order valence-electron chi connectivity index (χ3n) is 3.08. The predicted molar refractivity (Wildman–Crippen MR) is 80.2 cm³/mol. The molecule has 0 saturated heterocycles. The van der Waals surface area contributed by atoms with Crippen LogP contribution in [0, 0.1) is 5.41 Å². The average Bonchev–Trinajstić information content (AvgIpc) is 2.33. The number of nitrogens with zero attached hydrogens (tertiary/aromatic N) is 1. The summed E-state index contributed by atoms with van der Waals surface area (Å²) in [4.78, 5) is 2.34. The van der Waals surface area contributed by atoms with Crippen molar-refractivity contribution in [3.8, 4) is 0 Å². The third-order valence-corrected chi connectivity index (χ3v) is 3.94. The number of hydrogen-bond donors (Lipinski definition) is 1. The first-order valence-corrected chi connectivity index (χ1v) is 7.00. The van der Waals surface area contributed by atoms with Crippen LogP contribution in [0.3, 0.4) is 0 Å². The molecule has 0 radical (unpaired) electrons.